The van der Waals surface area contributed by atoms with E-state index in [1.54, 1.807) is 19.0 Å². The Bertz CT molecular complexity index is 186. The number of hydrogen-bond acceptors (Lipinski definition) is 2. The lowest BCUT2D eigenvalue weighted by Crippen LogP contribution is -2.35. The van der Waals surface area contributed by atoms with Crippen LogP contribution in [0.1, 0.15) is 25.7 Å². The molecule has 4 nitrogen and oxygen atoms in total. The zero-order chi connectivity index (χ0) is 11.1. The molecular weight excluding hydrogens is 190 g/mol. The van der Waals surface area contributed by atoms with Crippen LogP contribution in [0.4, 0.5) is 4.79 Å². The molecule has 2 N–H and O–H groups in total. The quantitative estimate of drug-likeness (QED) is 0.735. The summed E-state index contributed by atoms with van der Waals surface area (Å²) >= 11 is 0. The highest BCUT2D eigenvalue weighted by Gasteiger charge is 2.12. The average Bonchev–Trinajstić information content (AvgIpc) is 2.46. The van der Waals surface area contributed by atoms with Crippen molar-refractivity contribution in [3.63, 3.8) is 0 Å². The topological polar surface area (TPSA) is 44.4 Å². The van der Waals surface area contributed by atoms with Gasteiger partial charge in [0.2, 0.25) is 0 Å². The summed E-state index contributed by atoms with van der Waals surface area (Å²) < 4.78 is 0. The van der Waals surface area contributed by atoms with Gasteiger partial charge < -0.3 is 15.5 Å². The fraction of sp³-hybridized carbons (Fsp3) is 0.909. The molecule has 0 aromatic heterocycles. The van der Waals surface area contributed by atoms with Crippen LogP contribution in [0.5, 0.6) is 0 Å². The maximum Gasteiger partial charge on any atom is 0.316 e. The van der Waals surface area contributed by atoms with Gasteiger partial charge >= 0.3 is 6.03 Å². The van der Waals surface area contributed by atoms with E-state index in [1.165, 1.54) is 19.3 Å². The lowest BCUT2D eigenvalue weighted by atomic mass is 9.97. The third-order valence-electron chi connectivity index (χ3n) is 2.93. The molecule has 1 unspecified atom stereocenters. The van der Waals surface area contributed by atoms with Gasteiger partial charge in [0.15, 0.2) is 0 Å². The van der Waals surface area contributed by atoms with Crippen LogP contribution in [0.3, 0.4) is 0 Å². The van der Waals surface area contributed by atoms with Crippen molar-refractivity contribution in [1.29, 1.82) is 0 Å². The van der Waals surface area contributed by atoms with Gasteiger partial charge in [0.1, 0.15) is 0 Å². The van der Waals surface area contributed by atoms with Crippen molar-refractivity contribution < 1.29 is 4.79 Å². The maximum atomic E-state index is 11.3. The third kappa shape index (κ3) is 5.02. The number of hydrogen-bond donors (Lipinski definition) is 2. The molecule has 0 saturated carbocycles. The van der Waals surface area contributed by atoms with Gasteiger partial charge in [-0.1, -0.05) is 0 Å². The van der Waals surface area contributed by atoms with Crippen molar-refractivity contribution in [2.45, 2.75) is 25.7 Å². The van der Waals surface area contributed by atoms with Crippen LogP contribution in [-0.4, -0.2) is 44.7 Å². The smallest absolute Gasteiger partial charge is 0.316 e. The van der Waals surface area contributed by atoms with Gasteiger partial charge in [-0.05, 0) is 44.7 Å². The van der Waals surface area contributed by atoms with E-state index in [1.807, 2.05) is 0 Å². The Morgan fingerprint density at radius 1 is 1.40 bits per heavy atom. The molecular formula is C11H23N3O. The molecule has 2 amide bonds. The van der Waals surface area contributed by atoms with Crippen molar-refractivity contribution in [3.05, 3.63) is 0 Å². The molecule has 0 aliphatic carbocycles. The van der Waals surface area contributed by atoms with Gasteiger partial charge in [0.05, 0.1) is 0 Å². The fourth-order valence-corrected chi connectivity index (χ4v) is 1.92. The Kier molecular flexibility index (Phi) is 5.47. The SMILES string of the molecule is CN(C)C(=O)NCCC1CCCNCC1. The molecule has 4 heteroatoms. The molecule has 88 valence electrons. The molecule has 0 spiro atoms. The molecule has 0 bridgehead atoms. The van der Waals surface area contributed by atoms with E-state index in [9.17, 15) is 4.79 Å². The van der Waals surface area contributed by atoms with Gasteiger partial charge in [-0.15, -0.1) is 0 Å². The van der Waals surface area contributed by atoms with Gasteiger partial charge in [-0.25, -0.2) is 4.79 Å². The Morgan fingerprint density at radius 2 is 2.20 bits per heavy atom. The van der Waals surface area contributed by atoms with Crippen molar-refractivity contribution >= 4 is 6.03 Å². The number of rotatable bonds is 3. The first-order valence-corrected chi connectivity index (χ1v) is 5.86. The summed E-state index contributed by atoms with van der Waals surface area (Å²) in [5.74, 6) is 0.780. The number of carbonyl (C=O) groups is 1. The van der Waals surface area contributed by atoms with E-state index in [4.69, 9.17) is 0 Å². The lowest BCUT2D eigenvalue weighted by Gasteiger charge is -2.16. The number of urea groups is 1. The maximum absolute atomic E-state index is 11.3. The van der Waals surface area contributed by atoms with Crippen LogP contribution in [-0.2, 0) is 0 Å². The predicted molar refractivity (Wildman–Crippen MR) is 61.9 cm³/mol. The first kappa shape index (κ1) is 12.3. The zero-order valence-corrected chi connectivity index (χ0v) is 9.88. The highest BCUT2D eigenvalue weighted by molar-refractivity contribution is 5.73. The Hall–Kier alpha value is -0.770. The minimum Gasteiger partial charge on any atom is -0.338 e. The summed E-state index contributed by atoms with van der Waals surface area (Å²) in [5, 5.41) is 6.32. The van der Waals surface area contributed by atoms with E-state index in [0.29, 0.717) is 0 Å². The molecule has 15 heavy (non-hydrogen) atoms. The average molecular weight is 213 g/mol. The van der Waals surface area contributed by atoms with E-state index >= 15 is 0 Å². The predicted octanol–water partition coefficient (Wildman–Crippen LogP) is 1.04. The van der Waals surface area contributed by atoms with Crippen LogP contribution >= 0.6 is 0 Å². The van der Waals surface area contributed by atoms with Crippen LogP contribution in [0.25, 0.3) is 0 Å². The van der Waals surface area contributed by atoms with Crippen LogP contribution < -0.4 is 10.6 Å². The summed E-state index contributed by atoms with van der Waals surface area (Å²) in [4.78, 5) is 12.8. The number of nitrogens with one attached hydrogen (secondary N) is 2. The summed E-state index contributed by atoms with van der Waals surface area (Å²) in [7, 11) is 3.54. The second-order valence-corrected chi connectivity index (χ2v) is 4.46. The van der Waals surface area contributed by atoms with Gasteiger partial charge in [0.25, 0.3) is 0 Å². The number of carbonyl (C=O) groups excluding carboxylic acids is 1. The summed E-state index contributed by atoms with van der Waals surface area (Å²) in [6.45, 7) is 3.09. The van der Waals surface area contributed by atoms with E-state index in [-0.39, 0.29) is 6.03 Å². The number of nitrogens with zero attached hydrogens (tertiary/aromatic N) is 1. The van der Waals surface area contributed by atoms with Crippen molar-refractivity contribution in [2.75, 3.05) is 33.7 Å². The molecule has 1 saturated heterocycles. The lowest BCUT2D eigenvalue weighted by molar-refractivity contribution is 0.216. The minimum absolute atomic E-state index is 0.0155. The molecule has 1 aliphatic rings. The summed E-state index contributed by atoms with van der Waals surface area (Å²) in [6.07, 6.45) is 4.93. The molecule has 1 atom stereocenters. The largest absolute Gasteiger partial charge is 0.338 e. The molecule has 0 radical (unpaired) electrons. The van der Waals surface area contributed by atoms with E-state index in [0.717, 1.165) is 32.0 Å². The Labute approximate surface area is 92.4 Å². The Balaban J connectivity index is 2.10. The highest BCUT2D eigenvalue weighted by atomic mass is 16.2. The number of amides is 2. The van der Waals surface area contributed by atoms with Crippen molar-refractivity contribution in [3.8, 4) is 0 Å². The molecule has 1 rings (SSSR count). The van der Waals surface area contributed by atoms with Gasteiger partial charge in [0, 0.05) is 20.6 Å². The van der Waals surface area contributed by atoms with Crippen molar-refractivity contribution in [1.82, 2.24) is 15.5 Å². The van der Waals surface area contributed by atoms with Crippen LogP contribution in [0.15, 0.2) is 0 Å². The monoisotopic (exact) mass is 213 g/mol. The van der Waals surface area contributed by atoms with Crippen LogP contribution in [0.2, 0.25) is 0 Å². The zero-order valence-electron chi connectivity index (χ0n) is 9.88. The third-order valence-corrected chi connectivity index (χ3v) is 2.93. The fourth-order valence-electron chi connectivity index (χ4n) is 1.92. The standard InChI is InChI=1S/C11H23N3O/c1-14(2)11(15)13-9-6-10-4-3-7-12-8-5-10/h10,12H,3-9H2,1-2H3,(H,13,15). The van der Waals surface area contributed by atoms with E-state index < -0.39 is 0 Å². The summed E-state index contributed by atoms with van der Waals surface area (Å²) in [6, 6.07) is 0.0155. The van der Waals surface area contributed by atoms with Gasteiger partial charge in [-0.3, -0.25) is 0 Å². The first-order chi connectivity index (χ1) is 7.20. The van der Waals surface area contributed by atoms with Crippen LogP contribution in [0, 0.1) is 5.92 Å². The minimum atomic E-state index is 0.0155. The van der Waals surface area contributed by atoms with E-state index in [2.05, 4.69) is 10.6 Å². The first-order valence-electron chi connectivity index (χ1n) is 5.86. The molecule has 0 aromatic rings. The molecule has 1 aliphatic heterocycles. The molecule has 1 fully saturated rings. The van der Waals surface area contributed by atoms with Gasteiger partial charge in [-0.2, -0.15) is 0 Å². The Morgan fingerprint density at radius 3 is 2.93 bits per heavy atom. The second kappa shape index (κ2) is 6.67. The highest BCUT2D eigenvalue weighted by Crippen LogP contribution is 2.16. The molecule has 0 aromatic carbocycles. The van der Waals surface area contributed by atoms with Crippen molar-refractivity contribution in [2.24, 2.45) is 5.92 Å². The molecule has 1 heterocycles. The second-order valence-electron chi connectivity index (χ2n) is 4.46. The normalized spacial score (nSPS) is 21.9. The summed E-state index contributed by atoms with van der Waals surface area (Å²) in [5.41, 5.74) is 0.